The predicted molar refractivity (Wildman–Crippen MR) is 119 cm³/mol. The first-order chi connectivity index (χ1) is 14.8. The summed E-state index contributed by atoms with van der Waals surface area (Å²) in [5.41, 5.74) is 2.27. The van der Waals surface area contributed by atoms with E-state index < -0.39 is 0 Å². The number of likely N-dealkylation sites (N-methyl/N-ethyl adjacent to an activating group) is 1. The topological polar surface area (TPSA) is 83.2 Å². The molecule has 7 nitrogen and oxygen atoms in total. The fourth-order valence-corrected chi connectivity index (χ4v) is 5.28. The van der Waals surface area contributed by atoms with E-state index in [1.54, 1.807) is 6.92 Å². The molecule has 2 aromatic rings. The van der Waals surface area contributed by atoms with Crippen LogP contribution in [0.1, 0.15) is 36.0 Å². The summed E-state index contributed by atoms with van der Waals surface area (Å²) in [5, 5.41) is 10.8. The first kappa shape index (κ1) is 21.8. The average Bonchev–Trinajstić information content (AvgIpc) is 2.75. The molecule has 0 bridgehead atoms. The van der Waals surface area contributed by atoms with Crippen molar-refractivity contribution in [3.05, 3.63) is 39.2 Å². The summed E-state index contributed by atoms with van der Waals surface area (Å²) in [4.78, 5) is 29.2. The standard InChI is InChI=1S/C24H32N2O5/c1-15-10-18(22-16(2)17(3)23(29)31-19(22)11-15)30-13-21(28)26-9-7-24(14-27)6-5-8-25(4)20(24)12-26/h10-11,20,27H,5-9,12-14H2,1-4H3/t20-,24-/m1/s1. The summed E-state index contributed by atoms with van der Waals surface area (Å²) in [6, 6.07) is 3.86. The lowest BCUT2D eigenvalue weighted by Crippen LogP contribution is -2.62. The van der Waals surface area contributed by atoms with Crippen molar-refractivity contribution in [1.82, 2.24) is 9.80 Å². The minimum absolute atomic E-state index is 0.0630. The fourth-order valence-electron chi connectivity index (χ4n) is 5.28. The molecule has 0 radical (unpaired) electrons. The highest BCUT2D eigenvalue weighted by molar-refractivity contribution is 5.88. The van der Waals surface area contributed by atoms with Crippen molar-refractivity contribution in [2.24, 2.45) is 5.41 Å². The molecule has 0 unspecified atom stereocenters. The van der Waals surface area contributed by atoms with Crippen LogP contribution >= 0.6 is 0 Å². The lowest BCUT2D eigenvalue weighted by molar-refractivity contribution is -0.141. The number of aliphatic hydroxyl groups excluding tert-OH is 1. The number of hydrogen-bond acceptors (Lipinski definition) is 6. The van der Waals surface area contributed by atoms with Gasteiger partial charge in [-0.1, -0.05) is 0 Å². The maximum absolute atomic E-state index is 13.0. The fraction of sp³-hybridized carbons (Fsp3) is 0.583. The van der Waals surface area contributed by atoms with Gasteiger partial charge in [0.05, 0.1) is 12.0 Å². The van der Waals surface area contributed by atoms with Crippen molar-refractivity contribution < 1.29 is 19.1 Å². The van der Waals surface area contributed by atoms with E-state index in [2.05, 4.69) is 11.9 Å². The second-order valence-corrected chi connectivity index (χ2v) is 9.27. The van der Waals surface area contributed by atoms with Crippen LogP contribution in [-0.2, 0) is 4.79 Å². The molecule has 2 saturated heterocycles. The van der Waals surface area contributed by atoms with Crippen LogP contribution in [0.15, 0.2) is 21.3 Å². The highest BCUT2D eigenvalue weighted by Gasteiger charge is 2.47. The number of rotatable bonds is 4. The van der Waals surface area contributed by atoms with Gasteiger partial charge in [-0.05, 0) is 76.9 Å². The third-order valence-corrected chi connectivity index (χ3v) is 7.37. The van der Waals surface area contributed by atoms with Gasteiger partial charge < -0.3 is 24.1 Å². The number of piperidine rings is 2. The number of carbonyl (C=O) groups is 1. The molecule has 2 aliphatic heterocycles. The second-order valence-electron chi connectivity index (χ2n) is 9.27. The SMILES string of the molecule is Cc1cc(OCC(=O)N2CC[C@@]3(CO)CCCN(C)[C@@H]3C2)c2c(C)c(C)c(=O)oc2c1. The third-order valence-electron chi connectivity index (χ3n) is 7.37. The van der Waals surface area contributed by atoms with Gasteiger partial charge >= 0.3 is 5.63 Å². The zero-order valence-corrected chi connectivity index (χ0v) is 18.9. The van der Waals surface area contributed by atoms with Crippen molar-refractivity contribution in [2.75, 3.05) is 39.9 Å². The van der Waals surface area contributed by atoms with Crippen molar-refractivity contribution in [3.63, 3.8) is 0 Å². The van der Waals surface area contributed by atoms with Gasteiger partial charge in [-0.25, -0.2) is 4.79 Å². The van der Waals surface area contributed by atoms with Crippen LogP contribution in [0.25, 0.3) is 11.0 Å². The molecule has 1 aromatic carbocycles. The predicted octanol–water partition coefficient (Wildman–Crippen LogP) is 2.40. The molecule has 1 amide bonds. The smallest absolute Gasteiger partial charge is 0.339 e. The molecule has 2 atom stereocenters. The van der Waals surface area contributed by atoms with Crippen LogP contribution < -0.4 is 10.4 Å². The number of carbonyl (C=O) groups excluding carboxylic acids is 1. The summed E-state index contributed by atoms with van der Waals surface area (Å²) in [6.07, 6.45) is 2.90. The maximum Gasteiger partial charge on any atom is 0.339 e. The van der Waals surface area contributed by atoms with Crippen molar-refractivity contribution in [2.45, 2.75) is 46.1 Å². The lowest BCUT2D eigenvalue weighted by Gasteiger charge is -2.53. The molecule has 168 valence electrons. The van der Waals surface area contributed by atoms with E-state index in [1.807, 2.05) is 30.9 Å². The van der Waals surface area contributed by atoms with Crippen LogP contribution in [0.3, 0.4) is 0 Å². The van der Waals surface area contributed by atoms with E-state index in [9.17, 15) is 14.7 Å². The zero-order chi connectivity index (χ0) is 22.3. The molecule has 2 fully saturated rings. The summed E-state index contributed by atoms with van der Waals surface area (Å²) in [6.45, 7) is 7.84. The minimum Gasteiger partial charge on any atom is -0.483 e. The summed E-state index contributed by atoms with van der Waals surface area (Å²) >= 11 is 0. The van der Waals surface area contributed by atoms with Gasteiger partial charge in [0.25, 0.3) is 5.91 Å². The number of aliphatic hydroxyl groups is 1. The number of likely N-dealkylation sites (tertiary alicyclic amines) is 2. The van der Waals surface area contributed by atoms with Crippen molar-refractivity contribution in [3.8, 4) is 5.75 Å². The molecule has 0 spiro atoms. The van der Waals surface area contributed by atoms with Gasteiger partial charge in [0.15, 0.2) is 6.61 Å². The molecule has 1 aromatic heterocycles. The molecular formula is C24H32N2O5. The Morgan fingerprint density at radius 1 is 1.23 bits per heavy atom. The molecule has 0 saturated carbocycles. The Morgan fingerprint density at radius 2 is 2.00 bits per heavy atom. The first-order valence-electron chi connectivity index (χ1n) is 11.0. The number of nitrogens with zero attached hydrogens (tertiary/aromatic N) is 2. The summed E-state index contributed by atoms with van der Waals surface area (Å²) in [5.74, 6) is 0.496. The van der Waals surface area contributed by atoms with Gasteiger partial charge in [0, 0.05) is 30.1 Å². The Labute approximate surface area is 182 Å². The largest absolute Gasteiger partial charge is 0.483 e. The van der Waals surface area contributed by atoms with Crippen LogP contribution in [0.2, 0.25) is 0 Å². The van der Waals surface area contributed by atoms with Gasteiger partial charge in [0.1, 0.15) is 11.3 Å². The molecule has 7 heteroatoms. The second kappa shape index (κ2) is 8.28. The van der Waals surface area contributed by atoms with E-state index in [0.717, 1.165) is 42.3 Å². The van der Waals surface area contributed by atoms with Crippen molar-refractivity contribution in [1.29, 1.82) is 0 Å². The first-order valence-corrected chi connectivity index (χ1v) is 11.0. The van der Waals surface area contributed by atoms with Gasteiger partial charge in [-0.3, -0.25) is 4.79 Å². The summed E-state index contributed by atoms with van der Waals surface area (Å²) < 4.78 is 11.4. The summed E-state index contributed by atoms with van der Waals surface area (Å²) in [7, 11) is 2.08. The maximum atomic E-state index is 13.0. The van der Waals surface area contributed by atoms with E-state index in [-0.39, 0.29) is 36.2 Å². The molecule has 3 heterocycles. The van der Waals surface area contributed by atoms with Gasteiger partial charge in [0.2, 0.25) is 0 Å². The molecule has 1 N–H and O–H groups in total. The van der Waals surface area contributed by atoms with Crippen LogP contribution in [0, 0.1) is 26.2 Å². The quantitative estimate of drug-likeness (QED) is 0.753. The van der Waals surface area contributed by atoms with Crippen molar-refractivity contribution >= 4 is 16.9 Å². The number of aryl methyl sites for hydroxylation is 2. The Bertz CT molecular complexity index is 1060. The normalized spacial score (nSPS) is 24.3. The minimum atomic E-state index is -0.352. The zero-order valence-electron chi connectivity index (χ0n) is 18.9. The molecule has 31 heavy (non-hydrogen) atoms. The van der Waals surface area contributed by atoms with E-state index in [4.69, 9.17) is 9.15 Å². The monoisotopic (exact) mass is 428 g/mol. The number of hydrogen-bond donors (Lipinski definition) is 1. The highest BCUT2D eigenvalue weighted by Crippen LogP contribution is 2.41. The van der Waals surface area contributed by atoms with Crippen LogP contribution in [0.5, 0.6) is 5.75 Å². The number of ether oxygens (including phenoxy) is 1. The third kappa shape index (κ3) is 3.85. The van der Waals surface area contributed by atoms with Crippen LogP contribution in [-0.4, -0.2) is 66.8 Å². The molecule has 2 aliphatic rings. The molecule has 0 aliphatic carbocycles. The molecular weight excluding hydrogens is 396 g/mol. The van der Waals surface area contributed by atoms with E-state index in [0.29, 0.717) is 30.0 Å². The number of fused-ring (bicyclic) bond motifs is 2. The van der Waals surface area contributed by atoms with E-state index in [1.165, 1.54) is 0 Å². The highest BCUT2D eigenvalue weighted by atomic mass is 16.5. The average molecular weight is 429 g/mol. The Morgan fingerprint density at radius 3 is 2.74 bits per heavy atom. The lowest BCUT2D eigenvalue weighted by atomic mass is 9.69. The van der Waals surface area contributed by atoms with Gasteiger partial charge in [-0.15, -0.1) is 0 Å². The van der Waals surface area contributed by atoms with Crippen LogP contribution in [0.4, 0.5) is 0 Å². The Balaban J connectivity index is 1.53. The number of amides is 1. The Kier molecular flexibility index (Phi) is 5.83. The van der Waals surface area contributed by atoms with E-state index >= 15 is 0 Å². The molecule has 4 rings (SSSR count). The Hall–Kier alpha value is -2.38. The van der Waals surface area contributed by atoms with Gasteiger partial charge in [-0.2, -0.15) is 0 Å². The number of benzene rings is 1.